The summed E-state index contributed by atoms with van der Waals surface area (Å²) in [5.74, 6) is -1.21. The number of thioether (sulfide) groups is 1. The Labute approximate surface area is 158 Å². The number of carbonyl (C=O) groups is 2. The number of fused-ring (bicyclic) bond motifs is 1. The number of hydrogen-bond acceptors (Lipinski definition) is 8. The van der Waals surface area contributed by atoms with Crippen molar-refractivity contribution in [2.24, 2.45) is 0 Å². The van der Waals surface area contributed by atoms with Crippen LogP contribution in [0, 0.1) is 0 Å². The Morgan fingerprint density at radius 1 is 1.27 bits per heavy atom. The van der Waals surface area contributed by atoms with Gasteiger partial charge in [0.15, 0.2) is 5.37 Å². The first-order valence-corrected chi connectivity index (χ1v) is 10.7. The van der Waals surface area contributed by atoms with Crippen LogP contribution >= 0.6 is 23.1 Å². The highest BCUT2D eigenvalue weighted by Crippen LogP contribution is 2.38. The molecular weight excluding hydrogens is 398 g/mol. The first kappa shape index (κ1) is 18.7. The predicted octanol–water partition coefficient (Wildman–Crippen LogP) is 2.24. The molecule has 11 heteroatoms. The Morgan fingerprint density at radius 3 is 2.77 bits per heavy atom. The maximum Gasteiger partial charge on any atom is 0.362 e. The summed E-state index contributed by atoms with van der Waals surface area (Å²) in [6.07, 6.45) is 0. The number of hydrogen-bond donors (Lipinski definition) is 3. The molecule has 1 aliphatic heterocycles. The number of amides is 2. The van der Waals surface area contributed by atoms with Crippen LogP contribution in [0.1, 0.15) is 17.3 Å². The first-order valence-electron chi connectivity index (χ1n) is 7.51. The van der Waals surface area contributed by atoms with E-state index < -0.39 is 21.6 Å². The Bertz CT molecular complexity index is 917. The zero-order valence-corrected chi connectivity index (χ0v) is 16.0. The molecule has 2 aromatic rings. The average molecular weight is 414 g/mol. The molecule has 2 amide bonds. The Kier molecular flexibility index (Phi) is 5.51. The third-order valence-corrected chi connectivity index (χ3v) is 6.28. The summed E-state index contributed by atoms with van der Waals surface area (Å²) in [4.78, 5) is 25.6. The van der Waals surface area contributed by atoms with Gasteiger partial charge in [-0.3, -0.25) is 13.8 Å². The third-order valence-electron chi connectivity index (χ3n) is 3.29. The van der Waals surface area contributed by atoms with Crippen molar-refractivity contribution >= 4 is 55.9 Å². The lowest BCUT2D eigenvalue weighted by Gasteiger charge is -2.11. The van der Waals surface area contributed by atoms with Gasteiger partial charge in [-0.25, -0.2) is 4.72 Å². The van der Waals surface area contributed by atoms with Crippen molar-refractivity contribution < 1.29 is 22.2 Å². The van der Waals surface area contributed by atoms with Crippen molar-refractivity contribution in [2.45, 2.75) is 17.2 Å². The molecule has 1 aromatic carbocycles. The highest BCUT2D eigenvalue weighted by atomic mass is 32.2. The number of carbonyl (C=O) groups excluding carboxylic acids is 2. The molecule has 1 aliphatic rings. The summed E-state index contributed by atoms with van der Waals surface area (Å²) >= 11 is 2.48. The van der Waals surface area contributed by atoms with Gasteiger partial charge in [0.2, 0.25) is 0 Å². The van der Waals surface area contributed by atoms with E-state index in [4.69, 9.17) is 0 Å². The molecule has 26 heavy (non-hydrogen) atoms. The number of benzene rings is 1. The maximum atomic E-state index is 12.5. The van der Waals surface area contributed by atoms with Crippen LogP contribution < -0.4 is 15.4 Å². The lowest BCUT2D eigenvalue weighted by Crippen LogP contribution is -2.33. The van der Waals surface area contributed by atoms with Gasteiger partial charge in [0.25, 0.3) is 11.8 Å². The molecule has 2 heterocycles. The normalized spacial score (nSPS) is 15.8. The van der Waals surface area contributed by atoms with E-state index in [1.807, 2.05) is 24.3 Å². The van der Waals surface area contributed by atoms with E-state index in [9.17, 15) is 18.0 Å². The van der Waals surface area contributed by atoms with E-state index in [2.05, 4.69) is 14.8 Å². The van der Waals surface area contributed by atoms with E-state index >= 15 is 0 Å². The Morgan fingerprint density at radius 2 is 2.04 bits per heavy atom. The Balaban J connectivity index is 1.68. The fraction of sp³-hybridized carbons (Fsp3) is 0.200. The van der Waals surface area contributed by atoms with E-state index in [0.29, 0.717) is 0 Å². The number of rotatable bonds is 6. The summed E-state index contributed by atoms with van der Waals surface area (Å²) in [5, 5.41) is 7.06. The largest absolute Gasteiger partial charge is 0.364 e. The second-order valence-electron chi connectivity index (χ2n) is 5.08. The number of thiophene rings is 1. The van der Waals surface area contributed by atoms with Crippen LogP contribution in [-0.2, 0) is 19.3 Å². The molecule has 0 aliphatic carbocycles. The molecule has 0 radical (unpaired) electrons. The summed E-state index contributed by atoms with van der Waals surface area (Å²) in [6, 6.07) is 8.96. The minimum Gasteiger partial charge on any atom is -0.364 e. The highest BCUT2D eigenvalue weighted by Gasteiger charge is 2.29. The number of nitrogens with one attached hydrogen (secondary N) is 3. The van der Waals surface area contributed by atoms with E-state index in [-0.39, 0.29) is 23.1 Å². The molecule has 1 unspecified atom stereocenters. The van der Waals surface area contributed by atoms with Gasteiger partial charge >= 0.3 is 10.3 Å². The summed E-state index contributed by atoms with van der Waals surface area (Å²) in [7, 11) is -4.18. The summed E-state index contributed by atoms with van der Waals surface area (Å²) < 4.78 is 29.4. The summed E-state index contributed by atoms with van der Waals surface area (Å²) in [5.41, 5.74) is 0.914. The second-order valence-corrected chi connectivity index (χ2v) is 8.49. The molecule has 3 rings (SSSR count). The Hall–Kier alpha value is -2.08. The molecular formula is C15H15N3O5S3. The molecule has 1 aromatic heterocycles. The standard InChI is InChI=1S/C15H15N3O5S3/c1-2-23-26(21,22)18-12(19)9-7-8-24-14(9)17-13(20)15-16-10-5-3-4-6-11(10)25-15/h3-8,15-16H,2H2,1H3,(H,17,20)(H,18,19). The molecule has 0 saturated carbocycles. The van der Waals surface area contributed by atoms with E-state index in [1.54, 1.807) is 10.1 Å². The monoisotopic (exact) mass is 413 g/mol. The van der Waals surface area contributed by atoms with Crippen molar-refractivity contribution in [3.05, 3.63) is 41.3 Å². The van der Waals surface area contributed by atoms with Crippen LogP contribution in [0.25, 0.3) is 0 Å². The van der Waals surface area contributed by atoms with Crippen LogP contribution in [-0.4, -0.2) is 32.2 Å². The van der Waals surface area contributed by atoms with Gasteiger partial charge in [0, 0.05) is 10.6 Å². The zero-order valence-electron chi connectivity index (χ0n) is 13.5. The van der Waals surface area contributed by atoms with E-state index in [1.165, 1.54) is 24.8 Å². The summed E-state index contributed by atoms with van der Waals surface area (Å²) in [6.45, 7) is 1.39. The van der Waals surface area contributed by atoms with Crippen molar-refractivity contribution in [1.29, 1.82) is 0 Å². The maximum absolute atomic E-state index is 12.5. The minimum absolute atomic E-state index is 0.0483. The second kappa shape index (κ2) is 7.66. The predicted molar refractivity (Wildman–Crippen MR) is 101 cm³/mol. The van der Waals surface area contributed by atoms with Gasteiger partial charge < -0.3 is 10.6 Å². The molecule has 1 atom stereocenters. The molecule has 3 N–H and O–H groups in total. The van der Waals surface area contributed by atoms with Crippen molar-refractivity contribution in [3.63, 3.8) is 0 Å². The fourth-order valence-electron chi connectivity index (χ4n) is 2.22. The quantitative estimate of drug-likeness (QED) is 0.665. The number of anilines is 2. The molecule has 8 nitrogen and oxygen atoms in total. The molecule has 0 spiro atoms. The van der Waals surface area contributed by atoms with E-state index in [0.717, 1.165) is 21.9 Å². The molecule has 138 valence electrons. The van der Waals surface area contributed by atoms with Crippen LogP contribution in [0.3, 0.4) is 0 Å². The van der Waals surface area contributed by atoms with Crippen molar-refractivity contribution in [1.82, 2.24) is 4.72 Å². The van der Waals surface area contributed by atoms with Crippen LogP contribution in [0.5, 0.6) is 0 Å². The minimum atomic E-state index is -4.18. The van der Waals surface area contributed by atoms with Gasteiger partial charge in [-0.05, 0) is 30.5 Å². The first-order chi connectivity index (χ1) is 12.4. The lowest BCUT2D eigenvalue weighted by molar-refractivity contribution is -0.115. The smallest absolute Gasteiger partial charge is 0.362 e. The highest BCUT2D eigenvalue weighted by molar-refractivity contribution is 8.01. The van der Waals surface area contributed by atoms with Crippen LogP contribution in [0.15, 0.2) is 40.6 Å². The lowest BCUT2D eigenvalue weighted by atomic mass is 10.3. The SMILES string of the molecule is CCOS(=O)(=O)NC(=O)c1ccsc1NC(=O)C1Nc2ccccc2S1. The van der Waals surface area contributed by atoms with Gasteiger partial charge in [0.1, 0.15) is 5.00 Å². The topological polar surface area (TPSA) is 114 Å². The third kappa shape index (κ3) is 4.18. The van der Waals surface area contributed by atoms with Gasteiger partial charge in [-0.2, -0.15) is 8.42 Å². The van der Waals surface area contributed by atoms with Gasteiger partial charge in [-0.1, -0.05) is 23.9 Å². The van der Waals surface area contributed by atoms with Crippen LogP contribution in [0.4, 0.5) is 10.7 Å². The van der Waals surface area contributed by atoms with Crippen molar-refractivity contribution in [3.8, 4) is 0 Å². The number of para-hydroxylation sites is 1. The average Bonchev–Trinajstić information content (AvgIpc) is 3.20. The molecule has 0 saturated heterocycles. The van der Waals surface area contributed by atoms with Gasteiger partial charge in [-0.15, -0.1) is 11.3 Å². The van der Waals surface area contributed by atoms with Crippen molar-refractivity contribution in [2.75, 3.05) is 17.2 Å². The molecule has 0 bridgehead atoms. The fourth-order valence-corrected chi connectivity index (χ4v) is 4.73. The van der Waals surface area contributed by atoms with Gasteiger partial charge in [0.05, 0.1) is 12.2 Å². The zero-order chi connectivity index (χ0) is 18.7. The molecule has 0 fully saturated rings. The van der Waals surface area contributed by atoms with Crippen LogP contribution in [0.2, 0.25) is 0 Å².